The van der Waals surface area contributed by atoms with Gasteiger partial charge in [-0.1, -0.05) is 100 Å². The van der Waals surface area contributed by atoms with Crippen molar-refractivity contribution in [3.63, 3.8) is 0 Å². The zero-order valence-electron chi connectivity index (χ0n) is 25.2. The Morgan fingerprint density at radius 3 is 2.23 bits per heavy atom. The van der Waals surface area contributed by atoms with E-state index in [9.17, 15) is 0 Å². The van der Waals surface area contributed by atoms with Gasteiger partial charge in [0.1, 0.15) is 0 Å². The number of rotatable bonds is 2. The molecule has 0 bridgehead atoms. The van der Waals surface area contributed by atoms with Crippen LogP contribution < -0.4 is 0 Å². The van der Waals surface area contributed by atoms with Gasteiger partial charge in [0.05, 0.1) is 11.2 Å². The summed E-state index contributed by atoms with van der Waals surface area (Å²) in [7, 11) is 0. The second kappa shape index (κ2) is 8.71. The molecule has 0 amide bonds. The van der Waals surface area contributed by atoms with E-state index in [0.717, 1.165) is 19.3 Å². The summed E-state index contributed by atoms with van der Waals surface area (Å²) in [6, 6.07) is 25.0. The van der Waals surface area contributed by atoms with E-state index in [4.69, 9.17) is 0 Å². The fourth-order valence-corrected chi connectivity index (χ4v) is 7.89. The van der Waals surface area contributed by atoms with Crippen LogP contribution in [0, 0.1) is 12.3 Å². The van der Waals surface area contributed by atoms with Crippen molar-refractivity contribution in [1.29, 1.82) is 0 Å². The number of hydrogen-bond donors (Lipinski definition) is 0. The molecular formula is C39H41N. The number of benzene rings is 3. The Bertz CT molecular complexity index is 1790. The highest BCUT2D eigenvalue weighted by Crippen LogP contribution is 2.57. The van der Waals surface area contributed by atoms with E-state index in [1.54, 1.807) is 11.1 Å². The summed E-state index contributed by atoms with van der Waals surface area (Å²) in [6.45, 7) is 16.7. The van der Waals surface area contributed by atoms with Gasteiger partial charge in [-0.25, -0.2) is 0 Å². The molecule has 1 heteroatoms. The molecule has 0 saturated heterocycles. The fourth-order valence-electron chi connectivity index (χ4n) is 7.89. The third kappa shape index (κ3) is 3.53. The molecule has 0 saturated carbocycles. The van der Waals surface area contributed by atoms with Crippen molar-refractivity contribution in [2.45, 2.75) is 79.6 Å². The molecule has 0 N–H and O–H groups in total. The highest BCUT2D eigenvalue weighted by Gasteiger charge is 2.43. The Kier molecular flexibility index (Phi) is 5.53. The average Bonchev–Trinajstić information content (AvgIpc) is 3.39. The molecule has 3 aromatic carbocycles. The van der Waals surface area contributed by atoms with Crippen LogP contribution in [0.4, 0.5) is 0 Å². The first-order chi connectivity index (χ1) is 19.1. The molecule has 3 aliphatic carbocycles. The number of allylic oxidation sites excluding steroid dienone is 6. The summed E-state index contributed by atoms with van der Waals surface area (Å²) < 4.78 is 2.59. The smallest absolute Gasteiger partial charge is 0.0544 e. The minimum Gasteiger partial charge on any atom is -0.309 e. The van der Waals surface area contributed by atoms with E-state index in [2.05, 4.69) is 126 Å². The molecule has 40 heavy (non-hydrogen) atoms. The predicted octanol–water partition coefficient (Wildman–Crippen LogP) is 10.6. The maximum atomic E-state index is 2.59. The topological polar surface area (TPSA) is 4.93 Å². The summed E-state index contributed by atoms with van der Waals surface area (Å²) in [5, 5.41) is 1.46. The molecule has 7 rings (SSSR count). The SMILES string of the molecule is CC1=C(c2ccc3c(c2C)c2c(n3-c3ccccc3)C3=C(CC2)c2ccccc2C3(C)C)C=C(C(C)(C)C)CC1. The molecule has 1 nitrogen and oxygen atoms in total. The zero-order valence-corrected chi connectivity index (χ0v) is 25.2. The predicted molar refractivity (Wildman–Crippen MR) is 172 cm³/mol. The van der Waals surface area contributed by atoms with Crippen LogP contribution in [0.3, 0.4) is 0 Å². The van der Waals surface area contributed by atoms with Gasteiger partial charge in [0.2, 0.25) is 0 Å². The normalized spacial score (nSPS) is 18.1. The Morgan fingerprint density at radius 1 is 0.750 bits per heavy atom. The largest absolute Gasteiger partial charge is 0.309 e. The molecule has 3 aliphatic rings. The van der Waals surface area contributed by atoms with E-state index in [-0.39, 0.29) is 10.8 Å². The minimum absolute atomic E-state index is 0.0361. The first kappa shape index (κ1) is 25.4. The van der Waals surface area contributed by atoms with E-state index in [1.165, 1.54) is 73.2 Å². The molecule has 0 fully saturated rings. The van der Waals surface area contributed by atoms with E-state index in [0.29, 0.717) is 0 Å². The van der Waals surface area contributed by atoms with Gasteiger partial charge in [-0.15, -0.1) is 0 Å². The van der Waals surface area contributed by atoms with Crippen LogP contribution in [0.1, 0.15) is 94.3 Å². The van der Waals surface area contributed by atoms with Crippen LogP contribution in [0.15, 0.2) is 84.0 Å². The number of aromatic nitrogens is 1. The second-order valence-electron chi connectivity index (χ2n) is 13.8. The zero-order chi connectivity index (χ0) is 28.0. The number of fused-ring (bicyclic) bond motifs is 6. The summed E-state index contributed by atoms with van der Waals surface area (Å²) in [5.74, 6) is 0. The highest BCUT2D eigenvalue weighted by molar-refractivity contribution is 6.08. The molecular weight excluding hydrogens is 482 g/mol. The van der Waals surface area contributed by atoms with Crippen LogP contribution in [0.2, 0.25) is 0 Å². The quantitative estimate of drug-likeness (QED) is 0.246. The van der Waals surface area contributed by atoms with Gasteiger partial charge in [-0.2, -0.15) is 0 Å². The third-order valence-electron chi connectivity index (χ3n) is 10.0. The fraction of sp³-hybridized carbons (Fsp3) is 0.333. The maximum Gasteiger partial charge on any atom is 0.0544 e. The van der Waals surface area contributed by atoms with Gasteiger partial charge < -0.3 is 4.57 Å². The van der Waals surface area contributed by atoms with Crippen LogP contribution >= 0.6 is 0 Å². The van der Waals surface area contributed by atoms with Crippen molar-refractivity contribution in [3.8, 4) is 5.69 Å². The number of aryl methyl sites for hydroxylation is 2. The Balaban J connectivity index is 1.54. The molecule has 1 heterocycles. The van der Waals surface area contributed by atoms with E-state index in [1.807, 2.05) is 0 Å². The van der Waals surface area contributed by atoms with Gasteiger partial charge in [-0.05, 0) is 108 Å². The van der Waals surface area contributed by atoms with Crippen molar-refractivity contribution < 1.29 is 0 Å². The Morgan fingerprint density at radius 2 is 1.48 bits per heavy atom. The van der Waals surface area contributed by atoms with Gasteiger partial charge in [0, 0.05) is 16.5 Å². The first-order valence-corrected chi connectivity index (χ1v) is 15.1. The molecule has 4 aromatic rings. The first-order valence-electron chi connectivity index (χ1n) is 15.1. The lowest BCUT2D eigenvalue weighted by Gasteiger charge is -2.29. The monoisotopic (exact) mass is 523 g/mol. The van der Waals surface area contributed by atoms with Crippen molar-refractivity contribution in [2.24, 2.45) is 5.41 Å². The Hall–Kier alpha value is -3.58. The van der Waals surface area contributed by atoms with Crippen molar-refractivity contribution in [3.05, 3.63) is 117 Å². The lowest BCUT2D eigenvalue weighted by molar-refractivity contribution is 0.480. The summed E-state index contributed by atoms with van der Waals surface area (Å²) in [5.41, 5.74) is 19.1. The van der Waals surface area contributed by atoms with Crippen LogP contribution in [0.5, 0.6) is 0 Å². The van der Waals surface area contributed by atoms with Crippen LogP contribution in [0.25, 0.3) is 33.3 Å². The van der Waals surface area contributed by atoms with E-state index < -0.39 is 0 Å². The van der Waals surface area contributed by atoms with Crippen molar-refractivity contribution >= 4 is 27.6 Å². The minimum atomic E-state index is -0.0361. The van der Waals surface area contributed by atoms with E-state index >= 15 is 0 Å². The molecule has 0 spiro atoms. The number of para-hydroxylation sites is 1. The lowest BCUT2D eigenvalue weighted by Crippen LogP contribution is -2.20. The maximum absolute atomic E-state index is 2.59. The summed E-state index contributed by atoms with van der Waals surface area (Å²) in [6.07, 6.45) is 7.04. The van der Waals surface area contributed by atoms with Crippen molar-refractivity contribution in [1.82, 2.24) is 4.57 Å². The Labute approximate surface area is 239 Å². The standard InChI is InChI=1S/C39H41N/c1-24-17-18-26(38(3,4)5)23-32(24)28-21-22-34-35(25(28)2)31-20-19-30-29-15-11-12-16-33(29)39(6,7)36(30)37(31)40(34)27-13-9-8-10-14-27/h8-16,21-23H,17-20H2,1-7H3. The molecule has 0 atom stereocenters. The molecule has 1 aromatic heterocycles. The summed E-state index contributed by atoms with van der Waals surface area (Å²) in [4.78, 5) is 0. The van der Waals surface area contributed by atoms with Gasteiger partial charge >= 0.3 is 0 Å². The second-order valence-corrected chi connectivity index (χ2v) is 13.8. The van der Waals surface area contributed by atoms with Gasteiger partial charge in [-0.3, -0.25) is 0 Å². The summed E-state index contributed by atoms with van der Waals surface area (Å²) >= 11 is 0. The van der Waals surface area contributed by atoms with Gasteiger partial charge in [0.15, 0.2) is 0 Å². The van der Waals surface area contributed by atoms with Crippen LogP contribution in [-0.2, 0) is 11.8 Å². The molecule has 0 radical (unpaired) electrons. The van der Waals surface area contributed by atoms with Gasteiger partial charge in [0.25, 0.3) is 0 Å². The number of hydrogen-bond acceptors (Lipinski definition) is 0. The molecule has 0 unspecified atom stereocenters. The highest BCUT2D eigenvalue weighted by atomic mass is 15.0. The average molecular weight is 524 g/mol. The van der Waals surface area contributed by atoms with Crippen molar-refractivity contribution in [2.75, 3.05) is 0 Å². The third-order valence-corrected chi connectivity index (χ3v) is 10.0. The molecule has 0 aliphatic heterocycles. The lowest BCUT2D eigenvalue weighted by atomic mass is 9.76. The number of nitrogens with zero attached hydrogens (tertiary/aromatic N) is 1. The molecule has 202 valence electrons. The van der Waals surface area contributed by atoms with Crippen LogP contribution in [-0.4, -0.2) is 4.57 Å².